The van der Waals surface area contributed by atoms with Crippen LogP contribution in [0.4, 0.5) is 0 Å². The molecule has 20 heavy (non-hydrogen) atoms. The van der Waals surface area contributed by atoms with Gasteiger partial charge in [-0.25, -0.2) is 0 Å². The Morgan fingerprint density at radius 3 is 2.70 bits per heavy atom. The first-order valence-corrected chi connectivity index (χ1v) is 6.42. The van der Waals surface area contributed by atoms with Crippen molar-refractivity contribution in [3.63, 3.8) is 0 Å². The maximum absolute atomic E-state index is 11.1. The molecule has 1 heterocycles. The van der Waals surface area contributed by atoms with Crippen LogP contribution >= 0.6 is 0 Å². The Bertz CT molecular complexity index is 584. The lowest BCUT2D eigenvalue weighted by atomic mass is 10.2. The van der Waals surface area contributed by atoms with Crippen LogP contribution in [0.2, 0.25) is 0 Å². The Labute approximate surface area is 117 Å². The number of carbonyl (C=O) groups excluding carboxylic acids is 1. The van der Waals surface area contributed by atoms with Crippen LogP contribution in [0.3, 0.4) is 0 Å². The fourth-order valence-electron chi connectivity index (χ4n) is 1.90. The predicted octanol–water partition coefficient (Wildman–Crippen LogP) is 3.08. The van der Waals surface area contributed by atoms with Crippen LogP contribution < -0.4 is 9.47 Å². The third-order valence-corrected chi connectivity index (χ3v) is 2.98. The molecule has 0 aliphatic rings. The Kier molecular flexibility index (Phi) is 4.40. The number of hydrogen-bond acceptors (Lipinski definition) is 5. The van der Waals surface area contributed by atoms with E-state index in [-0.39, 0.29) is 6.61 Å². The summed E-state index contributed by atoms with van der Waals surface area (Å²) in [6.07, 6.45) is 0.755. The SMILES string of the molecule is CCOc1cccc(C=O)c1OCc1c(C)noc1C. The summed E-state index contributed by atoms with van der Waals surface area (Å²) >= 11 is 0. The molecule has 1 aromatic heterocycles. The normalized spacial score (nSPS) is 10.3. The van der Waals surface area contributed by atoms with Gasteiger partial charge in [0.25, 0.3) is 0 Å². The highest BCUT2D eigenvalue weighted by Crippen LogP contribution is 2.31. The zero-order chi connectivity index (χ0) is 14.5. The van der Waals surface area contributed by atoms with Crippen LogP contribution in [0.5, 0.6) is 11.5 Å². The first-order chi connectivity index (χ1) is 9.67. The number of carbonyl (C=O) groups is 1. The molecule has 5 nitrogen and oxygen atoms in total. The molecule has 0 radical (unpaired) electrons. The van der Waals surface area contributed by atoms with E-state index in [1.807, 2.05) is 20.8 Å². The van der Waals surface area contributed by atoms with Gasteiger partial charge < -0.3 is 14.0 Å². The van der Waals surface area contributed by atoms with Gasteiger partial charge in [-0.1, -0.05) is 11.2 Å². The highest BCUT2D eigenvalue weighted by Gasteiger charge is 2.14. The first kappa shape index (κ1) is 14.1. The maximum Gasteiger partial charge on any atom is 0.172 e. The van der Waals surface area contributed by atoms with E-state index >= 15 is 0 Å². The van der Waals surface area contributed by atoms with E-state index in [9.17, 15) is 4.79 Å². The fourth-order valence-corrected chi connectivity index (χ4v) is 1.90. The summed E-state index contributed by atoms with van der Waals surface area (Å²) < 4.78 is 16.3. The molecule has 2 rings (SSSR count). The average molecular weight is 275 g/mol. The zero-order valence-electron chi connectivity index (χ0n) is 11.8. The summed E-state index contributed by atoms with van der Waals surface area (Å²) in [7, 11) is 0. The Morgan fingerprint density at radius 2 is 2.10 bits per heavy atom. The van der Waals surface area contributed by atoms with Gasteiger partial charge in [0.15, 0.2) is 17.8 Å². The second-order valence-electron chi connectivity index (χ2n) is 4.32. The molecular weight excluding hydrogens is 258 g/mol. The van der Waals surface area contributed by atoms with Gasteiger partial charge in [-0.15, -0.1) is 0 Å². The van der Waals surface area contributed by atoms with Crippen LogP contribution in [0, 0.1) is 13.8 Å². The van der Waals surface area contributed by atoms with Crippen molar-refractivity contribution in [1.29, 1.82) is 0 Å². The lowest BCUT2D eigenvalue weighted by Gasteiger charge is -2.13. The van der Waals surface area contributed by atoms with Gasteiger partial charge in [-0.2, -0.15) is 0 Å². The topological polar surface area (TPSA) is 61.6 Å². The Hall–Kier alpha value is -2.30. The fraction of sp³-hybridized carbons (Fsp3) is 0.333. The molecule has 0 spiro atoms. The number of rotatable bonds is 6. The number of hydrogen-bond donors (Lipinski definition) is 0. The van der Waals surface area contributed by atoms with Gasteiger partial charge in [0, 0.05) is 0 Å². The monoisotopic (exact) mass is 275 g/mol. The average Bonchev–Trinajstić information content (AvgIpc) is 2.77. The molecule has 0 amide bonds. The smallest absolute Gasteiger partial charge is 0.172 e. The van der Waals surface area contributed by atoms with Crippen molar-refractivity contribution in [1.82, 2.24) is 5.16 Å². The first-order valence-electron chi connectivity index (χ1n) is 6.42. The highest BCUT2D eigenvalue weighted by atomic mass is 16.5. The number of nitrogens with zero attached hydrogens (tertiary/aromatic N) is 1. The number of para-hydroxylation sites is 1. The summed E-state index contributed by atoms with van der Waals surface area (Å²) in [6.45, 7) is 6.35. The van der Waals surface area contributed by atoms with Crippen molar-refractivity contribution in [3.8, 4) is 11.5 Å². The summed E-state index contributed by atoms with van der Waals surface area (Å²) in [5.41, 5.74) is 2.12. The van der Waals surface area contributed by atoms with Crippen LogP contribution in [0.25, 0.3) is 0 Å². The lowest BCUT2D eigenvalue weighted by molar-refractivity contribution is 0.111. The van der Waals surface area contributed by atoms with E-state index in [2.05, 4.69) is 5.16 Å². The Balaban J connectivity index is 2.26. The number of benzene rings is 1. The summed E-state index contributed by atoms with van der Waals surface area (Å²) in [6, 6.07) is 5.23. The van der Waals surface area contributed by atoms with E-state index in [0.29, 0.717) is 29.4 Å². The molecule has 0 N–H and O–H groups in total. The minimum Gasteiger partial charge on any atom is -0.490 e. The van der Waals surface area contributed by atoms with Crippen molar-refractivity contribution in [2.24, 2.45) is 0 Å². The highest BCUT2D eigenvalue weighted by molar-refractivity contribution is 5.81. The molecule has 106 valence electrons. The summed E-state index contributed by atoms with van der Waals surface area (Å²) in [4.78, 5) is 11.1. The largest absolute Gasteiger partial charge is 0.490 e. The second-order valence-corrected chi connectivity index (χ2v) is 4.32. The molecule has 0 aliphatic carbocycles. The maximum atomic E-state index is 11.1. The lowest BCUT2D eigenvalue weighted by Crippen LogP contribution is -2.03. The number of aryl methyl sites for hydroxylation is 2. The standard InChI is InChI=1S/C15H17NO4/c1-4-18-14-7-5-6-12(8-17)15(14)19-9-13-10(2)16-20-11(13)3/h5-8H,4,9H2,1-3H3. The molecule has 0 unspecified atom stereocenters. The van der Waals surface area contributed by atoms with E-state index in [1.54, 1.807) is 18.2 Å². The van der Waals surface area contributed by atoms with Crippen molar-refractivity contribution in [2.75, 3.05) is 6.61 Å². The van der Waals surface area contributed by atoms with Crippen molar-refractivity contribution in [3.05, 3.63) is 40.8 Å². The van der Waals surface area contributed by atoms with Crippen LogP contribution in [0.15, 0.2) is 22.7 Å². The molecular formula is C15H17NO4. The summed E-state index contributed by atoms with van der Waals surface area (Å²) in [5.74, 6) is 1.72. The second kappa shape index (κ2) is 6.23. The van der Waals surface area contributed by atoms with Gasteiger partial charge in [-0.3, -0.25) is 4.79 Å². The number of aromatic nitrogens is 1. The molecule has 0 atom stereocenters. The van der Waals surface area contributed by atoms with Crippen LogP contribution in [0.1, 0.15) is 34.3 Å². The third-order valence-electron chi connectivity index (χ3n) is 2.98. The predicted molar refractivity (Wildman–Crippen MR) is 73.3 cm³/mol. The van der Waals surface area contributed by atoms with Crippen LogP contribution in [-0.4, -0.2) is 18.0 Å². The molecule has 0 saturated carbocycles. The minimum absolute atomic E-state index is 0.284. The van der Waals surface area contributed by atoms with E-state index in [0.717, 1.165) is 17.5 Å². The molecule has 1 aromatic carbocycles. The van der Waals surface area contributed by atoms with Crippen molar-refractivity contribution >= 4 is 6.29 Å². The van der Waals surface area contributed by atoms with Gasteiger partial charge in [-0.05, 0) is 32.9 Å². The number of aldehydes is 1. The van der Waals surface area contributed by atoms with E-state index in [1.165, 1.54) is 0 Å². The summed E-state index contributed by atoms with van der Waals surface area (Å²) in [5, 5.41) is 3.87. The molecule has 0 fully saturated rings. The van der Waals surface area contributed by atoms with E-state index in [4.69, 9.17) is 14.0 Å². The number of ether oxygens (including phenoxy) is 2. The Morgan fingerprint density at radius 1 is 1.30 bits per heavy atom. The van der Waals surface area contributed by atoms with E-state index < -0.39 is 0 Å². The van der Waals surface area contributed by atoms with Gasteiger partial charge in [0.05, 0.1) is 23.4 Å². The van der Waals surface area contributed by atoms with Gasteiger partial charge >= 0.3 is 0 Å². The molecule has 0 bridgehead atoms. The molecule has 2 aromatic rings. The zero-order valence-corrected chi connectivity index (χ0v) is 11.8. The molecule has 0 aliphatic heterocycles. The quantitative estimate of drug-likeness (QED) is 0.758. The van der Waals surface area contributed by atoms with Crippen molar-refractivity contribution < 1.29 is 18.8 Å². The third kappa shape index (κ3) is 2.82. The van der Waals surface area contributed by atoms with Gasteiger partial charge in [0.1, 0.15) is 12.4 Å². The molecule has 0 saturated heterocycles. The molecule has 5 heteroatoms. The van der Waals surface area contributed by atoms with Crippen LogP contribution in [-0.2, 0) is 6.61 Å². The van der Waals surface area contributed by atoms with Gasteiger partial charge in [0.2, 0.25) is 0 Å². The minimum atomic E-state index is 0.284. The van der Waals surface area contributed by atoms with Crippen molar-refractivity contribution in [2.45, 2.75) is 27.4 Å².